The summed E-state index contributed by atoms with van der Waals surface area (Å²) in [6, 6.07) is 0. The molecule has 1 aliphatic rings. The number of ketones is 1. The predicted molar refractivity (Wildman–Crippen MR) is 41.8 cm³/mol. The van der Waals surface area contributed by atoms with Crippen LogP contribution in [0.15, 0.2) is 11.6 Å². The molecule has 0 radical (unpaired) electrons. The maximum atomic E-state index is 10.8. The van der Waals surface area contributed by atoms with E-state index in [1.54, 1.807) is 0 Å². The van der Waals surface area contributed by atoms with Crippen LogP contribution in [0.2, 0.25) is 0 Å². The molecule has 0 bridgehead atoms. The van der Waals surface area contributed by atoms with E-state index in [0.29, 0.717) is 11.7 Å². The highest BCUT2D eigenvalue weighted by atomic mass is 16.1. The van der Waals surface area contributed by atoms with Crippen LogP contribution in [0, 0.1) is 5.92 Å². The van der Waals surface area contributed by atoms with Gasteiger partial charge in [-0.05, 0) is 26.2 Å². The van der Waals surface area contributed by atoms with Crippen molar-refractivity contribution in [1.82, 2.24) is 0 Å². The lowest BCUT2D eigenvalue weighted by molar-refractivity contribution is -0.117. The lowest BCUT2D eigenvalue weighted by Gasteiger charge is -1.99. The number of carbonyl (C=O) groups excluding carboxylic acids is 1. The second-order valence-electron chi connectivity index (χ2n) is 3.29. The Kier molecular flexibility index (Phi) is 2.25. The molecule has 1 atom stereocenters. The first kappa shape index (κ1) is 7.52. The van der Waals surface area contributed by atoms with Crippen LogP contribution in [0.3, 0.4) is 0 Å². The largest absolute Gasteiger partial charge is 0.300 e. The van der Waals surface area contributed by atoms with Crippen LogP contribution in [0.5, 0.6) is 0 Å². The average Bonchev–Trinajstić information content (AvgIpc) is 2.13. The molecule has 0 amide bonds. The van der Waals surface area contributed by atoms with E-state index in [1.807, 2.05) is 0 Å². The molecule has 56 valence electrons. The smallest absolute Gasteiger partial charge is 0.133 e. The summed E-state index contributed by atoms with van der Waals surface area (Å²) in [7, 11) is 0. The molecule has 0 saturated heterocycles. The maximum absolute atomic E-state index is 10.8. The molecule has 0 aliphatic heterocycles. The van der Waals surface area contributed by atoms with Crippen LogP contribution in [0.4, 0.5) is 0 Å². The molecule has 0 unspecified atom stereocenters. The Hall–Kier alpha value is -0.590. The molecular formula is C9H14O. The topological polar surface area (TPSA) is 17.1 Å². The number of hydrogen-bond donors (Lipinski definition) is 0. The molecule has 10 heavy (non-hydrogen) atoms. The van der Waals surface area contributed by atoms with Gasteiger partial charge in [-0.25, -0.2) is 0 Å². The van der Waals surface area contributed by atoms with Crippen LogP contribution >= 0.6 is 0 Å². The van der Waals surface area contributed by atoms with Crippen molar-refractivity contribution < 1.29 is 4.79 Å². The predicted octanol–water partition coefficient (Wildman–Crippen LogP) is 2.32. The lowest BCUT2D eigenvalue weighted by Crippen LogP contribution is -1.90. The monoisotopic (exact) mass is 138 g/mol. The van der Waals surface area contributed by atoms with Gasteiger partial charge in [-0.2, -0.15) is 0 Å². The van der Waals surface area contributed by atoms with Gasteiger partial charge in [-0.15, -0.1) is 0 Å². The molecule has 1 saturated carbocycles. The molecular weight excluding hydrogens is 124 g/mol. The van der Waals surface area contributed by atoms with Crippen LogP contribution in [-0.4, -0.2) is 5.78 Å². The molecule has 0 spiro atoms. The van der Waals surface area contributed by atoms with Crippen molar-refractivity contribution in [1.29, 1.82) is 0 Å². The van der Waals surface area contributed by atoms with Gasteiger partial charge in [-0.1, -0.05) is 11.6 Å². The minimum atomic E-state index is 0.433. The Morgan fingerprint density at radius 1 is 1.60 bits per heavy atom. The number of rotatable bonds is 1. The van der Waals surface area contributed by atoms with Crippen molar-refractivity contribution in [2.45, 2.75) is 33.1 Å². The van der Waals surface area contributed by atoms with Gasteiger partial charge in [0.25, 0.3) is 0 Å². The quantitative estimate of drug-likeness (QED) is 0.508. The van der Waals surface area contributed by atoms with Crippen molar-refractivity contribution in [2.75, 3.05) is 0 Å². The summed E-state index contributed by atoms with van der Waals surface area (Å²) in [5.41, 5.74) is 1.33. The zero-order valence-electron chi connectivity index (χ0n) is 6.68. The van der Waals surface area contributed by atoms with Gasteiger partial charge in [-0.3, -0.25) is 4.79 Å². The van der Waals surface area contributed by atoms with Crippen LogP contribution in [0.1, 0.15) is 33.1 Å². The Balaban J connectivity index is 2.46. The van der Waals surface area contributed by atoms with E-state index in [-0.39, 0.29) is 0 Å². The molecule has 0 aromatic rings. The van der Waals surface area contributed by atoms with Gasteiger partial charge in [0.2, 0.25) is 0 Å². The first-order valence-electron chi connectivity index (χ1n) is 3.85. The van der Waals surface area contributed by atoms with Gasteiger partial charge in [0, 0.05) is 12.8 Å². The van der Waals surface area contributed by atoms with Gasteiger partial charge >= 0.3 is 0 Å². The molecule has 0 N–H and O–H groups in total. The number of allylic oxidation sites excluding steroid dienone is 2. The van der Waals surface area contributed by atoms with E-state index in [9.17, 15) is 4.79 Å². The molecule has 1 rings (SSSR count). The third-order valence-corrected chi connectivity index (χ3v) is 1.85. The summed E-state index contributed by atoms with van der Waals surface area (Å²) >= 11 is 0. The van der Waals surface area contributed by atoms with Crippen molar-refractivity contribution in [3.63, 3.8) is 0 Å². The Labute approximate surface area is 62.1 Å². The van der Waals surface area contributed by atoms with E-state index in [1.165, 1.54) is 5.57 Å². The third kappa shape index (κ3) is 1.98. The molecule has 1 nitrogen and oxygen atoms in total. The van der Waals surface area contributed by atoms with Crippen LogP contribution < -0.4 is 0 Å². The van der Waals surface area contributed by atoms with Crippen LogP contribution in [0.25, 0.3) is 0 Å². The summed E-state index contributed by atoms with van der Waals surface area (Å²) in [5, 5.41) is 0. The number of Topliss-reactive ketones (excluding diaryl/α,β-unsaturated/α-hetero) is 1. The zero-order chi connectivity index (χ0) is 7.56. The summed E-state index contributed by atoms with van der Waals surface area (Å²) in [5.74, 6) is 0.986. The fourth-order valence-electron chi connectivity index (χ4n) is 1.46. The second kappa shape index (κ2) is 3.00. The molecule has 1 fully saturated rings. The average molecular weight is 138 g/mol. The van der Waals surface area contributed by atoms with Crippen molar-refractivity contribution >= 4 is 5.78 Å². The maximum Gasteiger partial charge on any atom is 0.133 e. The van der Waals surface area contributed by atoms with E-state index in [2.05, 4.69) is 19.9 Å². The van der Waals surface area contributed by atoms with Gasteiger partial charge in [0.1, 0.15) is 5.78 Å². The Morgan fingerprint density at radius 3 is 2.70 bits per heavy atom. The first-order chi connectivity index (χ1) is 4.68. The number of carbonyl (C=O) groups is 1. The van der Waals surface area contributed by atoms with E-state index >= 15 is 0 Å². The summed E-state index contributed by atoms with van der Waals surface area (Å²) < 4.78 is 0. The van der Waals surface area contributed by atoms with Gasteiger partial charge in [0.05, 0.1) is 0 Å². The standard InChI is InChI=1S/C9H14O/c1-7(2)5-8-3-4-9(10)6-8/h5,8H,3-4,6H2,1-2H3/t8-/m1/s1. The fraction of sp³-hybridized carbons (Fsp3) is 0.667. The summed E-state index contributed by atoms with van der Waals surface area (Å²) in [4.78, 5) is 10.8. The Bertz CT molecular complexity index is 164. The highest BCUT2D eigenvalue weighted by Crippen LogP contribution is 2.23. The summed E-state index contributed by atoms with van der Waals surface area (Å²) in [6.07, 6.45) is 4.87. The minimum absolute atomic E-state index is 0.433. The highest BCUT2D eigenvalue weighted by molar-refractivity contribution is 5.80. The minimum Gasteiger partial charge on any atom is -0.300 e. The van der Waals surface area contributed by atoms with Crippen molar-refractivity contribution in [2.24, 2.45) is 5.92 Å². The normalized spacial score (nSPS) is 25.0. The first-order valence-corrected chi connectivity index (χ1v) is 3.85. The van der Waals surface area contributed by atoms with E-state index in [4.69, 9.17) is 0 Å². The SMILES string of the molecule is CC(C)=C[C@H]1CCC(=O)C1. The summed E-state index contributed by atoms with van der Waals surface area (Å²) in [6.45, 7) is 4.17. The van der Waals surface area contributed by atoms with Crippen LogP contribution in [-0.2, 0) is 4.79 Å². The Morgan fingerprint density at radius 2 is 2.30 bits per heavy atom. The fourth-order valence-corrected chi connectivity index (χ4v) is 1.46. The van der Waals surface area contributed by atoms with Gasteiger partial charge in [0.15, 0.2) is 0 Å². The van der Waals surface area contributed by atoms with Gasteiger partial charge < -0.3 is 0 Å². The molecule has 1 aliphatic carbocycles. The zero-order valence-corrected chi connectivity index (χ0v) is 6.68. The molecule has 0 heterocycles. The van der Waals surface area contributed by atoms with Crippen molar-refractivity contribution in [3.05, 3.63) is 11.6 Å². The number of hydrogen-bond acceptors (Lipinski definition) is 1. The van der Waals surface area contributed by atoms with Crippen molar-refractivity contribution in [3.8, 4) is 0 Å². The van der Waals surface area contributed by atoms with E-state index < -0.39 is 0 Å². The molecule has 0 aromatic heterocycles. The second-order valence-corrected chi connectivity index (χ2v) is 3.29. The highest BCUT2D eigenvalue weighted by Gasteiger charge is 2.19. The lowest BCUT2D eigenvalue weighted by atomic mass is 10.1. The molecule has 1 heteroatoms. The molecule has 0 aromatic carbocycles. The van der Waals surface area contributed by atoms with E-state index in [0.717, 1.165) is 19.3 Å². The third-order valence-electron chi connectivity index (χ3n) is 1.85.